The third-order valence-corrected chi connectivity index (χ3v) is 2.51. The van der Waals surface area contributed by atoms with Gasteiger partial charge >= 0.3 is 0 Å². The van der Waals surface area contributed by atoms with Crippen LogP contribution in [0.4, 0.5) is 11.4 Å². The van der Waals surface area contributed by atoms with E-state index in [1.165, 1.54) is 5.01 Å². The van der Waals surface area contributed by atoms with Gasteiger partial charge in [0.05, 0.1) is 17.8 Å². The van der Waals surface area contributed by atoms with E-state index in [1.807, 2.05) is 0 Å². The standard InChI is InChI=1S/C13H10N6O/c1-9-5-13(20)19(18-9)12-4-2-3-10(6-12)16-17-11(7-14)8-15/h2-4,6,16H,5H2,1H3. The topological polar surface area (TPSA) is 105 Å². The van der Waals surface area contributed by atoms with Crippen molar-refractivity contribution in [2.24, 2.45) is 10.2 Å². The number of nitrogens with zero attached hydrogens (tertiary/aromatic N) is 5. The average molecular weight is 266 g/mol. The van der Waals surface area contributed by atoms with Crippen molar-refractivity contribution in [1.29, 1.82) is 10.5 Å². The molecule has 0 saturated carbocycles. The number of carbonyl (C=O) groups is 1. The van der Waals surface area contributed by atoms with Crippen molar-refractivity contribution in [2.75, 3.05) is 10.4 Å². The van der Waals surface area contributed by atoms with Gasteiger partial charge in [-0.15, -0.1) is 0 Å². The van der Waals surface area contributed by atoms with Gasteiger partial charge < -0.3 is 0 Å². The molecular weight excluding hydrogens is 256 g/mol. The fraction of sp³-hybridized carbons (Fsp3) is 0.154. The number of anilines is 2. The van der Waals surface area contributed by atoms with E-state index in [0.717, 1.165) is 5.71 Å². The third kappa shape index (κ3) is 2.79. The van der Waals surface area contributed by atoms with Gasteiger partial charge in [0.15, 0.2) is 0 Å². The lowest BCUT2D eigenvalue weighted by Crippen LogP contribution is -2.19. The Kier molecular flexibility index (Phi) is 3.73. The van der Waals surface area contributed by atoms with Crippen molar-refractivity contribution in [3.05, 3.63) is 24.3 Å². The maximum atomic E-state index is 11.7. The molecule has 0 fully saturated rings. The zero-order valence-electron chi connectivity index (χ0n) is 10.7. The van der Waals surface area contributed by atoms with Crippen LogP contribution in [0.5, 0.6) is 0 Å². The second-order valence-electron chi connectivity index (χ2n) is 4.06. The Hall–Kier alpha value is -3.19. The van der Waals surface area contributed by atoms with E-state index < -0.39 is 0 Å². The van der Waals surface area contributed by atoms with Gasteiger partial charge in [-0.25, -0.2) is 5.01 Å². The first kappa shape index (κ1) is 13.2. The van der Waals surface area contributed by atoms with Gasteiger partial charge in [0.2, 0.25) is 5.71 Å². The molecular formula is C13H10N6O. The molecule has 2 rings (SSSR count). The smallest absolute Gasteiger partial charge is 0.253 e. The first-order valence-corrected chi connectivity index (χ1v) is 5.75. The summed E-state index contributed by atoms with van der Waals surface area (Å²) < 4.78 is 0. The van der Waals surface area contributed by atoms with Crippen molar-refractivity contribution in [3.8, 4) is 12.1 Å². The first-order chi connectivity index (χ1) is 9.63. The monoisotopic (exact) mass is 266 g/mol. The number of hydrazone groups is 2. The highest BCUT2D eigenvalue weighted by molar-refractivity contribution is 6.12. The molecule has 0 radical (unpaired) electrons. The van der Waals surface area contributed by atoms with Gasteiger partial charge in [-0.1, -0.05) is 6.07 Å². The van der Waals surface area contributed by atoms with E-state index in [2.05, 4.69) is 15.6 Å². The average Bonchev–Trinajstić information content (AvgIpc) is 2.79. The molecule has 1 aliphatic heterocycles. The third-order valence-electron chi connectivity index (χ3n) is 2.51. The molecule has 98 valence electrons. The highest BCUT2D eigenvalue weighted by Crippen LogP contribution is 2.23. The molecule has 0 atom stereocenters. The fourth-order valence-electron chi connectivity index (χ4n) is 1.66. The van der Waals surface area contributed by atoms with Crippen molar-refractivity contribution >= 4 is 28.7 Å². The van der Waals surface area contributed by atoms with Gasteiger partial charge in [0, 0.05) is 5.71 Å². The molecule has 1 N–H and O–H groups in total. The maximum absolute atomic E-state index is 11.7. The molecule has 0 unspecified atom stereocenters. The van der Waals surface area contributed by atoms with Crippen LogP contribution in [0.2, 0.25) is 0 Å². The van der Waals surface area contributed by atoms with E-state index in [4.69, 9.17) is 10.5 Å². The maximum Gasteiger partial charge on any atom is 0.253 e. The van der Waals surface area contributed by atoms with Crippen molar-refractivity contribution in [1.82, 2.24) is 0 Å². The largest absolute Gasteiger partial charge is 0.276 e. The molecule has 0 saturated heterocycles. The number of hydrogen-bond acceptors (Lipinski definition) is 6. The highest BCUT2D eigenvalue weighted by Gasteiger charge is 2.22. The Morgan fingerprint density at radius 1 is 1.45 bits per heavy atom. The van der Waals surface area contributed by atoms with Crippen LogP contribution in [0.15, 0.2) is 34.5 Å². The molecule has 1 heterocycles. The number of nitriles is 2. The molecule has 7 nitrogen and oxygen atoms in total. The Labute approximate surface area is 115 Å². The summed E-state index contributed by atoms with van der Waals surface area (Å²) in [6.07, 6.45) is 0.308. The van der Waals surface area contributed by atoms with Crippen LogP contribution in [-0.2, 0) is 4.79 Å². The molecule has 1 aliphatic rings. The quantitative estimate of drug-likeness (QED) is 0.662. The first-order valence-electron chi connectivity index (χ1n) is 5.75. The molecule has 1 amide bonds. The Morgan fingerprint density at radius 3 is 2.80 bits per heavy atom. The van der Waals surface area contributed by atoms with Crippen molar-refractivity contribution in [3.63, 3.8) is 0 Å². The molecule has 0 aliphatic carbocycles. The predicted octanol–water partition coefficient (Wildman–Crippen LogP) is 1.61. The second kappa shape index (κ2) is 5.63. The molecule has 0 spiro atoms. The SMILES string of the molecule is CC1=NN(c2cccc(NN=C(C#N)C#N)c2)C(=O)C1. The number of carbonyl (C=O) groups excluding carboxylic acids is 1. The van der Waals surface area contributed by atoms with Gasteiger partial charge in [0.1, 0.15) is 12.1 Å². The van der Waals surface area contributed by atoms with E-state index in [9.17, 15) is 4.79 Å². The Morgan fingerprint density at radius 2 is 2.20 bits per heavy atom. The Balaban J connectivity index is 2.22. The van der Waals surface area contributed by atoms with Gasteiger partial charge in [0.25, 0.3) is 5.91 Å². The normalized spacial score (nSPS) is 13.2. The minimum Gasteiger partial charge on any atom is -0.276 e. The zero-order chi connectivity index (χ0) is 14.5. The van der Waals surface area contributed by atoms with Gasteiger partial charge in [-0.2, -0.15) is 20.7 Å². The fourth-order valence-corrected chi connectivity index (χ4v) is 1.66. The van der Waals surface area contributed by atoms with Crippen molar-refractivity contribution < 1.29 is 4.79 Å². The molecule has 0 aromatic heterocycles. The number of amides is 1. The Bertz CT molecular complexity index is 676. The number of benzene rings is 1. The lowest BCUT2D eigenvalue weighted by molar-refractivity contribution is -0.116. The summed E-state index contributed by atoms with van der Waals surface area (Å²) in [5, 5.41) is 26.3. The van der Waals surface area contributed by atoms with E-state index in [1.54, 1.807) is 43.3 Å². The van der Waals surface area contributed by atoms with Gasteiger partial charge in [-0.05, 0) is 25.1 Å². The minimum atomic E-state index is -0.276. The minimum absolute atomic E-state index is 0.0992. The summed E-state index contributed by atoms with van der Waals surface area (Å²) in [5.41, 5.74) is 4.22. The summed E-state index contributed by atoms with van der Waals surface area (Å²) in [6, 6.07) is 10.1. The summed E-state index contributed by atoms with van der Waals surface area (Å²) in [4.78, 5) is 11.7. The summed E-state index contributed by atoms with van der Waals surface area (Å²) in [5.74, 6) is -0.0992. The summed E-state index contributed by atoms with van der Waals surface area (Å²) >= 11 is 0. The number of hydrogen-bond donors (Lipinski definition) is 1. The predicted molar refractivity (Wildman–Crippen MR) is 73.9 cm³/mol. The van der Waals surface area contributed by atoms with Crippen LogP contribution in [0.25, 0.3) is 0 Å². The molecule has 1 aromatic carbocycles. The summed E-state index contributed by atoms with van der Waals surface area (Å²) in [7, 11) is 0. The van der Waals surface area contributed by atoms with E-state index in [0.29, 0.717) is 17.8 Å². The summed E-state index contributed by atoms with van der Waals surface area (Å²) in [6.45, 7) is 1.79. The van der Waals surface area contributed by atoms with Crippen LogP contribution >= 0.6 is 0 Å². The number of nitrogens with one attached hydrogen (secondary N) is 1. The van der Waals surface area contributed by atoms with Crippen LogP contribution in [0.1, 0.15) is 13.3 Å². The van der Waals surface area contributed by atoms with Crippen molar-refractivity contribution in [2.45, 2.75) is 13.3 Å². The molecule has 20 heavy (non-hydrogen) atoms. The highest BCUT2D eigenvalue weighted by atomic mass is 16.2. The zero-order valence-corrected chi connectivity index (χ0v) is 10.7. The van der Waals surface area contributed by atoms with E-state index >= 15 is 0 Å². The number of rotatable bonds is 3. The second-order valence-corrected chi connectivity index (χ2v) is 4.06. The van der Waals surface area contributed by atoms with E-state index in [-0.39, 0.29) is 11.6 Å². The van der Waals surface area contributed by atoms with Crippen LogP contribution < -0.4 is 10.4 Å². The molecule has 0 bridgehead atoms. The lowest BCUT2D eigenvalue weighted by atomic mass is 10.2. The van der Waals surface area contributed by atoms with Gasteiger partial charge in [-0.3, -0.25) is 10.2 Å². The van der Waals surface area contributed by atoms with Crippen LogP contribution in [0, 0.1) is 22.7 Å². The van der Waals surface area contributed by atoms with Crippen LogP contribution in [0.3, 0.4) is 0 Å². The lowest BCUT2D eigenvalue weighted by Gasteiger charge is -2.12. The van der Waals surface area contributed by atoms with Crippen LogP contribution in [-0.4, -0.2) is 17.3 Å². The molecule has 7 heteroatoms. The molecule has 1 aromatic rings.